The van der Waals surface area contributed by atoms with Gasteiger partial charge in [-0.05, 0) is 37.0 Å². The molecular formula is C16H23N3S. The molecule has 1 saturated heterocycles. The number of benzene rings is 1. The van der Waals surface area contributed by atoms with Gasteiger partial charge < -0.3 is 10.6 Å². The Kier molecular flexibility index (Phi) is 4.53. The SMILES string of the molecule is S=C1NC2CCCCC2C(NCCc2ccccc2)N1. The Morgan fingerprint density at radius 1 is 1.10 bits per heavy atom. The van der Waals surface area contributed by atoms with Crippen molar-refractivity contribution in [1.82, 2.24) is 16.0 Å². The van der Waals surface area contributed by atoms with Gasteiger partial charge in [-0.3, -0.25) is 5.32 Å². The van der Waals surface area contributed by atoms with E-state index in [1.54, 1.807) is 0 Å². The van der Waals surface area contributed by atoms with Crippen LogP contribution in [0, 0.1) is 5.92 Å². The van der Waals surface area contributed by atoms with Gasteiger partial charge in [-0.15, -0.1) is 0 Å². The molecule has 0 spiro atoms. The zero-order chi connectivity index (χ0) is 13.8. The molecule has 0 radical (unpaired) electrons. The number of hydrogen-bond donors (Lipinski definition) is 3. The lowest BCUT2D eigenvalue weighted by molar-refractivity contribution is 0.190. The highest BCUT2D eigenvalue weighted by atomic mass is 32.1. The van der Waals surface area contributed by atoms with Gasteiger partial charge in [0.15, 0.2) is 5.11 Å². The van der Waals surface area contributed by atoms with E-state index < -0.39 is 0 Å². The first kappa shape index (κ1) is 13.8. The van der Waals surface area contributed by atoms with Crippen molar-refractivity contribution in [2.24, 2.45) is 5.92 Å². The smallest absolute Gasteiger partial charge is 0.167 e. The van der Waals surface area contributed by atoms with Crippen molar-refractivity contribution in [3.05, 3.63) is 35.9 Å². The van der Waals surface area contributed by atoms with Crippen LogP contribution in [0.15, 0.2) is 30.3 Å². The number of thiocarbonyl (C=S) groups is 1. The van der Waals surface area contributed by atoms with Crippen LogP contribution in [-0.2, 0) is 6.42 Å². The Balaban J connectivity index is 1.54. The van der Waals surface area contributed by atoms with Crippen LogP contribution in [0.4, 0.5) is 0 Å². The van der Waals surface area contributed by atoms with Crippen LogP contribution in [0.2, 0.25) is 0 Å². The zero-order valence-corrected chi connectivity index (χ0v) is 12.6. The molecule has 3 atom stereocenters. The Hall–Kier alpha value is -1.13. The quantitative estimate of drug-likeness (QED) is 0.743. The lowest BCUT2D eigenvalue weighted by Crippen LogP contribution is -2.65. The summed E-state index contributed by atoms with van der Waals surface area (Å²) in [6.07, 6.45) is 6.61. The molecule has 1 saturated carbocycles. The molecule has 4 heteroatoms. The summed E-state index contributed by atoms with van der Waals surface area (Å²) in [5.74, 6) is 0.659. The highest BCUT2D eigenvalue weighted by molar-refractivity contribution is 7.80. The van der Waals surface area contributed by atoms with Crippen molar-refractivity contribution in [1.29, 1.82) is 0 Å². The maximum atomic E-state index is 5.33. The highest BCUT2D eigenvalue weighted by Crippen LogP contribution is 2.28. The van der Waals surface area contributed by atoms with Crippen molar-refractivity contribution in [3.8, 4) is 0 Å². The van der Waals surface area contributed by atoms with Gasteiger partial charge in [0.25, 0.3) is 0 Å². The third kappa shape index (κ3) is 3.30. The Labute approximate surface area is 126 Å². The highest BCUT2D eigenvalue weighted by Gasteiger charge is 2.35. The zero-order valence-electron chi connectivity index (χ0n) is 11.8. The summed E-state index contributed by atoms with van der Waals surface area (Å²) in [4.78, 5) is 0. The van der Waals surface area contributed by atoms with E-state index in [-0.39, 0.29) is 0 Å². The van der Waals surface area contributed by atoms with Gasteiger partial charge in [0.05, 0.1) is 6.17 Å². The second-order valence-electron chi connectivity index (χ2n) is 5.84. The second kappa shape index (κ2) is 6.55. The minimum absolute atomic E-state index is 0.331. The van der Waals surface area contributed by atoms with Gasteiger partial charge in [-0.25, -0.2) is 0 Å². The van der Waals surface area contributed by atoms with Crippen molar-refractivity contribution in [2.45, 2.75) is 44.3 Å². The van der Waals surface area contributed by atoms with E-state index in [0.29, 0.717) is 18.1 Å². The van der Waals surface area contributed by atoms with Gasteiger partial charge in [-0.1, -0.05) is 43.2 Å². The molecule has 2 fully saturated rings. The minimum Gasteiger partial charge on any atom is -0.360 e. The van der Waals surface area contributed by atoms with E-state index in [9.17, 15) is 0 Å². The summed E-state index contributed by atoms with van der Waals surface area (Å²) < 4.78 is 0. The van der Waals surface area contributed by atoms with Crippen molar-refractivity contribution in [2.75, 3.05) is 6.54 Å². The molecule has 1 aliphatic carbocycles. The Morgan fingerprint density at radius 2 is 1.90 bits per heavy atom. The van der Waals surface area contributed by atoms with Crippen molar-refractivity contribution < 1.29 is 0 Å². The van der Waals surface area contributed by atoms with Crippen LogP contribution >= 0.6 is 12.2 Å². The lowest BCUT2D eigenvalue weighted by atomic mass is 9.81. The maximum Gasteiger partial charge on any atom is 0.167 e. The molecule has 1 aromatic rings. The molecule has 20 heavy (non-hydrogen) atoms. The van der Waals surface area contributed by atoms with E-state index in [4.69, 9.17) is 12.2 Å². The molecule has 108 valence electrons. The van der Waals surface area contributed by atoms with Crippen LogP contribution in [-0.4, -0.2) is 23.9 Å². The average molecular weight is 289 g/mol. The van der Waals surface area contributed by atoms with Crippen molar-refractivity contribution in [3.63, 3.8) is 0 Å². The molecule has 3 nitrogen and oxygen atoms in total. The minimum atomic E-state index is 0.331. The molecule has 3 N–H and O–H groups in total. The van der Waals surface area contributed by atoms with Crippen LogP contribution in [0.5, 0.6) is 0 Å². The number of fused-ring (bicyclic) bond motifs is 1. The first-order valence-corrected chi connectivity index (χ1v) is 8.08. The van der Waals surface area contributed by atoms with Crippen LogP contribution < -0.4 is 16.0 Å². The summed E-state index contributed by atoms with van der Waals surface area (Å²) in [5, 5.41) is 11.3. The third-order valence-electron chi connectivity index (χ3n) is 4.47. The van der Waals surface area contributed by atoms with Crippen LogP contribution in [0.1, 0.15) is 31.2 Å². The molecular weight excluding hydrogens is 266 g/mol. The summed E-state index contributed by atoms with van der Waals surface area (Å²) in [7, 11) is 0. The molecule has 0 aromatic heterocycles. The first-order valence-electron chi connectivity index (χ1n) is 7.67. The van der Waals surface area contributed by atoms with Crippen molar-refractivity contribution >= 4 is 17.3 Å². The number of hydrogen-bond acceptors (Lipinski definition) is 2. The van der Waals surface area contributed by atoms with Gasteiger partial charge in [0.1, 0.15) is 0 Å². The van der Waals surface area contributed by atoms with Gasteiger partial charge >= 0.3 is 0 Å². The summed E-state index contributed by atoms with van der Waals surface area (Å²) in [6.45, 7) is 0.994. The molecule has 3 rings (SSSR count). The van der Waals surface area contributed by atoms with E-state index in [1.165, 1.54) is 31.2 Å². The maximum absolute atomic E-state index is 5.33. The standard InChI is InChI=1S/C16H23N3S/c20-16-18-14-9-5-4-8-13(14)15(19-16)17-11-10-12-6-2-1-3-7-12/h1-3,6-7,13-15,17H,4-5,8-11H2,(H2,18,19,20). The van der Waals surface area contributed by atoms with Crippen LogP contribution in [0.25, 0.3) is 0 Å². The fourth-order valence-corrected chi connectivity index (χ4v) is 3.69. The number of nitrogens with one attached hydrogen (secondary N) is 3. The Bertz CT molecular complexity index is 448. The third-order valence-corrected chi connectivity index (χ3v) is 4.71. The van der Waals surface area contributed by atoms with E-state index in [1.807, 2.05) is 0 Å². The van der Waals surface area contributed by atoms with E-state index >= 15 is 0 Å². The Morgan fingerprint density at radius 3 is 2.75 bits per heavy atom. The monoisotopic (exact) mass is 289 g/mol. The van der Waals surface area contributed by atoms with E-state index in [0.717, 1.165) is 18.1 Å². The predicted molar refractivity (Wildman–Crippen MR) is 86.6 cm³/mol. The molecule has 2 aliphatic rings. The van der Waals surface area contributed by atoms with Gasteiger partial charge in [-0.2, -0.15) is 0 Å². The topological polar surface area (TPSA) is 36.1 Å². The number of rotatable bonds is 4. The van der Waals surface area contributed by atoms with Crippen LogP contribution in [0.3, 0.4) is 0 Å². The fourth-order valence-electron chi connectivity index (χ4n) is 3.42. The molecule has 3 unspecified atom stereocenters. The molecule has 0 bridgehead atoms. The normalized spacial score (nSPS) is 29.2. The fraction of sp³-hybridized carbons (Fsp3) is 0.562. The van der Waals surface area contributed by atoms with Gasteiger partial charge in [0, 0.05) is 18.5 Å². The molecule has 1 aliphatic heterocycles. The average Bonchev–Trinajstić information content (AvgIpc) is 2.48. The molecule has 1 aromatic carbocycles. The van der Waals surface area contributed by atoms with Gasteiger partial charge in [0.2, 0.25) is 0 Å². The largest absolute Gasteiger partial charge is 0.360 e. The summed E-state index contributed by atoms with van der Waals surface area (Å²) in [6, 6.07) is 11.2. The molecule has 1 heterocycles. The summed E-state index contributed by atoms with van der Waals surface area (Å²) in [5.41, 5.74) is 1.39. The lowest BCUT2D eigenvalue weighted by Gasteiger charge is -2.43. The van der Waals surface area contributed by atoms with E-state index in [2.05, 4.69) is 46.3 Å². The first-order chi connectivity index (χ1) is 9.83. The predicted octanol–water partition coefficient (Wildman–Crippen LogP) is 2.18. The second-order valence-corrected chi connectivity index (χ2v) is 6.25. The summed E-state index contributed by atoms with van der Waals surface area (Å²) >= 11 is 5.33. The molecule has 0 amide bonds.